The Morgan fingerprint density at radius 1 is 1.29 bits per heavy atom. The molecule has 2 aromatic heterocycles. The molecule has 0 aliphatic carbocycles. The molecule has 0 fully saturated rings. The van der Waals surface area contributed by atoms with Crippen LogP contribution in [0.2, 0.25) is 0 Å². The lowest BCUT2D eigenvalue weighted by Gasteiger charge is -2.15. The van der Waals surface area contributed by atoms with Crippen LogP contribution in [0.1, 0.15) is 10.7 Å². The number of thiophene rings is 1. The van der Waals surface area contributed by atoms with Gasteiger partial charge in [0.25, 0.3) is 5.56 Å². The van der Waals surface area contributed by atoms with E-state index < -0.39 is 0 Å². The number of H-pyrrole nitrogens is 1. The van der Waals surface area contributed by atoms with E-state index >= 15 is 0 Å². The highest BCUT2D eigenvalue weighted by molar-refractivity contribution is 7.09. The van der Waals surface area contributed by atoms with E-state index in [1.165, 1.54) is 0 Å². The minimum Gasteiger partial charge on any atom is -0.350 e. The van der Waals surface area contributed by atoms with Crippen molar-refractivity contribution in [1.82, 2.24) is 20.2 Å². The molecule has 3 aromatic rings. The number of carbonyl (C=O) groups is 1. The van der Waals surface area contributed by atoms with Gasteiger partial charge in [0.1, 0.15) is 5.82 Å². The van der Waals surface area contributed by atoms with Crippen LogP contribution in [0.15, 0.2) is 46.6 Å². The summed E-state index contributed by atoms with van der Waals surface area (Å²) in [5.41, 5.74) is 0.498. The molecule has 0 saturated carbocycles. The second-order valence-corrected chi connectivity index (χ2v) is 6.59. The fourth-order valence-electron chi connectivity index (χ4n) is 2.42. The number of amides is 1. The van der Waals surface area contributed by atoms with E-state index in [1.54, 1.807) is 17.4 Å². The summed E-state index contributed by atoms with van der Waals surface area (Å²) in [7, 11) is 1.82. The maximum Gasteiger partial charge on any atom is 0.258 e. The number of aromatic nitrogens is 2. The number of para-hydroxylation sites is 1. The van der Waals surface area contributed by atoms with E-state index in [-0.39, 0.29) is 18.0 Å². The third-order valence-electron chi connectivity index (χ3n) is 3.54. The molecule has 0 spiro atoms. The van der Waals surface area contributed by atoms with Crippen molar-refractivity contribution in [2.75, 3.05) is 13.6 Å². The van der Waals surface area contributed by atoms with Crippen LogP contribution in [0.5, 0.6) is 0 Å². The van der Waals surface area contributed by atoms with E-state index in [2.05, 4.69) is 15.3 Å². The molecule has 2 heterocycles. The Labute approximate surface area is 143 Å². The smallest absolute Gasteiger partial charge is 0.258 e. The standard InChI is InChI=1S/C17H18N4O2S/c1-21(11-16(22)18-9-12-5-4-8-24-12)10-15-19-14-7-3-2-6-13(14)17(23)20-15/h2-8H,9-11H2,1H3,(H,18,22)(H,19,20,23). The molecule has 0 radical (unpaired) electrons. The van der Waals surface area contributed by atoms with E-state index in [1.807, 2.05) is 47.7 Å². The Bertz CT molecular complexity index is 889. The molecular formula is C17H18N4O2S. The summed E-state index contributed by atoms with van der Waals surface area (Å²) < 4.78 is 0. The first kappa shape index (κ1) is 16.4. The first-order chi connectivity index (χ1) is 11.6. The van der Waals surface area contributed by atoms with E-state index in [9.17, 15) is 9.59 Å². The number of carbonyl (C=O) groups excluding carboxylic acids is 1. The van der Waals surface area contributed by atoms with Crippen LogP contribution in [0, 0.1) is 0 Å². The molecule has 0 atom stereocenters. The zero-order chi connectivity index (χ0) is 16.9. The van der Waals surface area contributed by atoms with Gasteiger partial charge >= 0.3 is 0 Å². The number of benzene rings is 1. The molecule has 2 N–H and O–H groups in total. The minimum absolute atomic E-state index is 0.0611. The largest absolute Gasteiger partial charge is 0.350 e. The summed E-state index contributed by atoms with van der Waals surface area (Å²) >= 11 is 1.61. The minimum atomic E-state index is -0.161. The molecule has 1 amide bonds. The van der Waals surface area contributed by atoms with Crippen LogP contribution in [0.25, 0.3) is 10.9 Å². The van der Waals surface area contributed by atoms with Gasteiger partial charge in [0.2, 0.25) is 5.91 Å². The second kappa shape index (κ2) is 7.37. The first-order valence-corrected chi connectivity index (χ1v) is 8.45. The molecule has 3 rings (SSSR count). The molecule has 7 heteroatoms. The molecule has 0 saturated heterocycles. The highest BCUT2D eigenvalue weighted by Gasteiger charge is 2.10. The number of fused-ring (bicyclic) bond motifs is 1. The lowest BCUT2D eigenvalue weighted by atomic mass is 10.2. The van der Waals surface area contributed by atoms with Gasteiger partial charge in [0.05, 0.1) is 30.5 Å². The van der Waals surface area contributed by atoms with Gasteiger partial charge in [-0.05, 0) is 30.6 Å². The van der Waals surface area contributed by atoms with Crippen LogP contribution in [0.3, 0.4) is 0 Å². The molecule has 124 valence electrons. The number of nitrogens with zero attached hydrogens (tertiary/aromatic N) is 2. The molecule has 0 aliphatic heterocycles. The Balaban J connectivity index is 1.59. The van der Waals surface area contributed by atoms with E-state index in [4.69, 9.17) is 0 Å². The van der Waals surface area contributed by atoms with Crippen LogP contribution < -0.4 is 10.9 Å². The molecular weight excluding hydrogens is 324 g/mol. The lowest BCUT2D eigenvalue weighted by Crippen LogP contribution is -2.35. The molecule has 24 heavy (non-hydrogen) atoms. The summed E-state index contributed by atoms with van der Waals surface area (Å²) in [6.45, 7) is 1.17. The number of likely N-dealkylation sites (N-methyl/N-ethyl adjacent to an activating group) is 1. The molecule has 6 nitrogen and oxygen atoms in total. The highest BCUT2D eigenvalue weighted by atomic mass is 32.1. The monoisotopic (exact) mass is 342 g/mol. The third kappa shape index (κ3) is 4.06. The van der Waals surface area contributed by atoms with Gasteiger partial charge in [-0.1, -0.05) is 18.2 Å². The Morgan fingerprint density at radius 3 is 2.92 bits per heavy atom. The quantitative estimate of drug-likeness (QED) is 0.715. The predicted molar refractivity (Wildman–Crippen MR) is 94.9 cm³/mol. The van der Waals surface area contributed by atoms with Crippen molar-refractivity contribution < 1.29 is 4.79 Å². The number of hydrogen-bond acceptors (Lipinski definition) is 5. The highest BCUT2D eigenvalue weighted by Crippen LogP contribution is 2.08. The van der Waals surface area contributed by atoms with Crippen molar-refractivity contribution in [3.05, 3.63) is 62.8 Å². The number of aromatic amines is 1. The van der Waals surface area contributed by atoms with E-state index in [0.717, 1.165) is 4.88 Å². The Kier molecular flexibility index (Phi) is 5.02. The summed E-state index contributed by atoms with van der Waals surface area (Å²) in [5, 5.41) is 5.43. The molecule has 1 aromatic carbocycles. The average Bonchev–Trinajstić information content (AvgIpc) is 3.06. The maximum absolute atomic E-state index is 12.0. The zero-order valence-corrected chi connectivity index (χ0v) is 14.1. The van der Waals surface area contributed by atoms with Gasteiger partial charge in [0, 0.05) is 4.88 Å². The van der Waals surface area contributed by atoms with Crippen LogP contribution in [0.4, 0.5) is 0 Å². The topological polar surface area (TPSA) is 78.1 Å². The van der Waals surface area contributed by atoms with Crippen molar-refractivity contribution in [1.29, 1.82) is 0 Å². The Morgan fingerprint density at radius 2 is 2.12 bits per heavy atom. The lowest BCUT2D eigenvalue weighted by molar-refractivity contribution is -0.122. The van der Waals surface area contributed by atoms with Crippen LogP contribution in [-0.2, 0) is 17.9 Å². The van der Waals surface area contributed by atoms with Gasteiger partial charge in [-0.2, -0.15) is 0 Å². The van der Waals surface area contributed by atoms with Gasteiger partial charge in [-0.25, -0.2) is 4.98 Å². The number of nitrogens with one attached hydrogen (secondary N) is 2. The summed E-state index contributed by atoms with van der Waals surface area (Å²) in [4.78, 5) is 34.2. The zero-order valence-electron chi connectivity index (χ0n) is 13.3. The SMILES string of the molecule is CN(CC(=O)NCc1cccs1)Cc1nc2ccccc2c(=O)[nH]1. The number of rotatable bonds is 6. The van der Waals surface area contributed by atoms with Crippen molar-refractivity contribution in [3.8, 4) is 0 Å². The average molecular weight is 342 g/mol. The van der Waals surface area contributed by atoms with Crippen molar-refractivity contribution in [2.45, 2.75) is 13.1 Å². The van der Waals surface area contributed by atoms with Crippen LogP contribution in [-0.4, -0.2) is 34.4 Å². The summed E-state index contributed by atoms with van der Waals surface area (Å²) in [5.74, 6) is 0.487. The van der Waals surface area contributed by atoms with Gasteiger partial charge in [-0.15, -0.1) is 11.3 Å². The molecule has 0 aliphatic rings. The summed E-state index contributed by atoms with van der Waals surface area (Å²) in [6.07, 6.45) is 0. The Hall–Kier alpha value is -2.51. The van der Waals surface area contributed by atoms with Crippen molar-refractivity contribution in [2.24, 2.45) is 0 Å². The van der Waals surface area contributed by atoms with Gasteiger partial charge in [-0.3, -0.25) is 14.5 Å². The second-order valence-electron chi connectivity index (χ2n) is 5.56. The molecule has 0 unspecified atom stereocenters. The fraction of sp³-hybridized carbons (Fsp3) is 0.235. The normalized spacial score (nSPS) is 11.1. The van der Waals surface area contributed by atoms with Crippen molar-refractivity contribution in [3.63, 3.8) is 0 Å². The number of hydrogen-bond donors (Lipinski definition) is 2. The maximum atomic E-state index is 12.0. The third-order valence-corrected chi connectivity index (χ3v) is 4.41. The predicted octanol–water partition coefficient (Wildman–Crippen LogP) is 1.73. The van der Waals surface area contributed by atoms with E-state index in [0.29, 0.717) is 29.8 Å². The fourth-order valence-corrected chi connectivity index (χ4v) is 3.07. The molecule has 0 bridgehead atoms. The summed E-state index contributed by atoms with van der Waals surface area (Å²) in [6, 6.07) is 11.1. The van der Waals surface area contributed by atoms with Crippen molar-refractivity contribution >= 4 is 28.1 Å². The van der Waals surface area contributed by atoms with Gasteiger partial charge in [0.15, 0.2) is 0 Å². The van der Waals surface area contributed by atoms with Crippen LogP contribution >= 0.6 is 11.3 Å². The van der Waals surface area contributed by atoms with Gasteiger partial charge < -0.3 is 10.3 Å². The first-order valence-electron chi connectivity index (χ1n) is 7.57.